The fraction of sp³-hybridized carbons (Fsp3) is 0. The quantitative estimate of drug-likeness (QED) is 0.462. The van der Waals surface area contributed by atoms with Crippen LogP contribution >= 0.6 is 46.1 Å². The van der Waals surface area contributed by atoms with Crippen molar-refractivity contribution in [2.75, 3.05) is 0 Å². The molecule has 0 radical (unpaired) electrons. The van der Waals surface area contributed by atoms with Gasteiger partial charge in [-0.3, -0.25) is 4.79 Å². The summed E-state index contributed by atoms with van der Waals surface area (Å²) in [5.41, 5.74) is 3.17. The fourth-order valence-corrected chi connectivity index (χ4v) is 3.84. The van der Waals surface area contributed by atoms with E-state index in [4.69, 9.17) is 34.8 Å². The van der Waals surface area contributed by atoms with Gasteiger partial charge in [0, 0.05) is 25.7 Å². The normalized spacial score (nSPS) is 11.3. The van der Waals surface area contributed by atoms with Crippen LogP contribution in [0.25, 0.3) is 10.1 Å². The van der Waals surface area contributed by atoms with Gasteiger partial charge in [0.1, 0.15) is 4.88 Å². The second-order valence-electron chi connectivity index (χ2n) is 4.61. The number of nitrogens with one attached hydrogen (secondary N) is 1. The molecule has 1 heterocycles. The predicted octanol–water partition coefficient (Wildman–Crippen LogP) is 5.63. The van der Waals surface area contributed by atoms with Crippen LogP contribution in [0.1, 0.15) is 15.2 Å². The molecule has 0 aliphatic heterocycles. The zero-order valence-electron chi connectivity index (χ0n) is 11.5. The molecule has 7 heteroatoms. The van der Waals surface area contributed by atoms with Gasteiger partial charge in [0.25, 0.3) is 5.91 Å². The molecule has 116 valence electrons. The van der Waals surface area contributed by atoms with Gasteiger partial charge in [-0.1, -0.05) is 59.1 Å². The van der Waals surface area contributed by atoms with E-state index in [2.05, 4.69) is 10.5 Å². The molecule has 0 atom stereocenters. The summed E-state index contributed by atoms with van der Waals surface area (Å²) in [4.78, 5) is 12.6. The smallest absolute Gasteiger partial charge is 0.266 e. The third kappa shape index (κ3) is 3.51. The summed E-state index contributed by atoms with van der Waals surface area (Å²) in [6, 6.07) is 12.5. The number of hydrazone groups is 1. The number of hydrogen-bond donors (Lipinski definition) is 1. The maximum atomic E-state index is 12.2. The van der Waals surface area contributed by atoms with E-state index in [1.807, 2.05) is 12.1 Å². The van der Waals surface area contributed by atoms with Crippen LogP contribution in [-0.4, -0.2) is 12.1 Å². The molecule has 3 aromatic rings. The van der Waals surface area contributed by atoms with Crippen molar-refractivity contribution in [1.82, 2.24) is 5.43 Å². The van der Waals surface area contributed by atoms with Gasteiger partial charge < -0.3 is 0 Å². The Bertz CT molecular complexity index is 921. The van der Waals surface area contributed by atoms with Crippen LogP contribution in [0.3, 0.4) is 0 Å². The van der Waals surface area contributed by atoms with Crippen molar-refractivity contribution in [3.63, 3.8) is 0 Å². The minimum Gasteiger partial charge on any atom is -0.266 e. The van der Waals surface area contributed by atoms with Crippen LogP contribution in [-0.2, 0) is 0 Å². The van der Waals surface area contributed by atoms with Crippen molar-refractivity contribution in [3.05, 3.63) is 68.0 Å². The number of amides is 1. The number of carbonyl (C=O) groups is 1. The number of fused-ring (bicyclic) bond motifs is 1. The topological polar surface area (TPSA) is 41.5 Å². The minimum absolute atomic E-state index is 0.379. The van der Waals surface area contributed by atoms with Crippen molar-refractivity contribution in [2.45, 2.75) is 0 Å². The molecule has 1 N–H and O–H groups in total. The van der Waals surface area contributed by atoms with E-state index in [0.717, 1.165) is 10.1 Å². The first-order chi connectivity index (χ1) is 11.1. The molecule has 1 amide bonds. The first kappa shape index (κ1) is 16.3. The molecule has 3 nitrogen and oxygen atoms in total. The number of carbonyl (C=O) groups excluding carboxylic acids is 1. The summed E-state index contributed by atoms with van der Waals surface area (Å²) in [5.74, 6) is -0.379. The second-order valence-corrected chi connectivity index (χ2v) is 6.88. The summed E-state index contributed by atoms with van der Waals surface area (Å²) in [6.45, 7) is 0. The second kappa shape index (κ2) is 6.89. The van der Waals surface area contributed by atoms with E-state index >= 15 is 0 Å². The van der Waals surface area contributed by atoms with Crippen molar-refractivity contribution < 1.29 is 4.79 Å². The number of rotatable bonds is 3. The molecule has 0 aliphatic carbocycles. The monoisotopic (exact) mass is 382 g/mol. The lowest BCUT2D eigenvalue weighted by molar-refractivity contribution is 0.0959. The third-order valence-corrected chi connectivity index (χ3v) is 5.31. The Hall–Kier alpha value is -1.59. The van der Waals surface area contributed by atoms with Gasteiger partial charge in [-0.2, -0.15) is 5.10 Å². The van der Waals surface area contributed by atoms with E-state index in [0.29, 0.717) is 25.5 Å². The van der Waals surface area contributed by atoms with Gasteiger partial charge in [-0.05, 0) is 18.2 Å². The molecule has 0 spiro atoms. The van der Waals surface area contributed by atoms with Crippen molar-refractivity contribution in [3.8, 4) is 0 Å². The lowest BCUT2D eigenvalue weighted by Crippen LogP contribution is -2.16. The first-order valence-corrected chi connectivity index (χ1v) is 8.47. The molecule has 23 heavy (non-hydrogen) atoms. The van der Waals surface area contributed by atoms with Gasteiger partial charge in [-0.15, -0.1) is 11.3 Å². The van der Waals surface area contributed by atoms with Gasteiger partial charge in [0.2, 0.25) is 0 Å². The molecular formula is C16H9Cl3N2OS. The number of thiophene rings is 1. The Labute approximate surface area is 151 Å². The molecule has 0 saturated carbocycles. The summed E-state index contributed by atoms with van der Waals surface area (Å²) in [5, 5.41) is 6.26. The zero-order valence-corrected chi connectivity index (χ0v) is 14.6. The molecule has 0 aliphatic rings. The van der Waals surface area contributed by atoms with E-state index in [1.165, 1.54) is 17.6 Å². The standard InChI is InChI=1S/C16H9Cl3N2OS/c17-10-5-6-11-13(7-10)23-15(14(11)19)16(22)21-20-8-9-3-1-2-4-12(9)18/h1-8H,(H,21,22)/b20-8+. The summed E-state index contributed by atoms with van der Waals surface area (Å²) in [7, 11) is 0. The first-order valence-electron chi connectivity index (χ1n) is 6.52. The SMILES string of the molecule is O=C(N/N=C/c1ccccc1Cl)c1sc2cc(Cl)ccc2c1Cl. The lowest BCUT2D eigenvalue weighted by Gasteiger charge is -1.98. The molecule has 0 fully saturated rings. The molecular weight excluding hydrogens is 375 g/mol. The Balaban J connectivity index is 1.81. The maximum Gasteiger partial charge on any atom is 0.283 e. The largest absolute Gasteiger partial charge is 0.283 e. The fourth-order valence-electron chi connectivity index (χ4n) is 1.98. The Morgan fingerprint density at radius 3 is 2.70 bits per heavy atom. The highest BCUT2D eigenvalue weighted by Gasteiger charge is 2.16. The number of benzene rings is 2. The molecule has 0 bridgehead atoms. The lowest BCUT2D eigenvalue weighted by atomic mass is 10.2. The average Bonchev–Trinajstić information content (AvgIpc) is 2.85. The summed E-state index contributed by atoms with van der Waals surface area (Å²) < 4.78 is 0.850. The Morgan fingerprint density at radius 1 is 1.13 bits per heavy atom. The predicted molar refractivity (Wildman–Crippen MR) is 98.4 cm³/mol. The van der Waals surface area contributed by atoms with Gasteiger partial charge in [0.05, 0.1) is 11.2 Å². The Morgan fingerprint density at radius 2 is 1.91 bits per heavy atom. The number of halogens is 3. The van der Waals surface area contributed by atoms with Crippen LogP contribution in [0.2, 0.25) is 15.1 Å². The van der Waals surface area contributed by atoms with Crippen molar-refractivity contribution in [1.29, 1.82) is 0 Å². The van der Waals surface area contributed by atoms with Crippen LogP contribution in [0.15, 0.2) is 47.6 Å². The molecule has 2 aromatic carbocycles. The van der Waals surface area contributed by atoms with Crippen molar-refractivity contribution >= 4 is 68.3 Å². The van der Waals surface area contributed by atoms with Crippen LogP contribution < -0.4 is 5.43 Å². The van der Waals surface area contributed by atoms with Gasteiger partial charge in [-0.25, -0.2) is 5.43 Å². The average molecular weight is 384 g/mol. The Kier molecular flexibility index (Phi) is 4.87. The minimum atomic E-state index is -0.379. The molecule has 0 unspecified atom stereocenters. The van der Waals surface area contributed by atoms with Crippen LogP contribution in [0.4, 0.5) is 0 Å². The highest BCUT2D eigenvalue weighted by atomic mass is 35.5. The third-order valence-electron chi connectivity index (χ3n) is 3.07. The van der Waals surface area contributed by atoms with Crippen molar-refractivity contribution in [2.24, 2.45) is 5.10 Å². The maximum absolute atomic E-state index is 12.2. The summed E-state index contributed by atoms with van der Waals surface area (Å²) >= 11 is 19.5. The van der Waals surface area contributed by atoms with Gasteiger partial charge >= 0.3 is 0 Å². The van der Waals surface area contributed by atoms with E-state index < -0.39 is 0 Å². The highest BCUT2D eigenvalue weighted by molar-refractivity contribution is 7.21. The van der Waals surface area contributed by atoms with Crippen LogP contribution in [0.5, 0.6) is 0 Å². The highest BCUT2D eigenvalue weighted by Crippen LogP contribution is 2.36. The zero-order chi connectivity index (χ0) is 16.4. The van der Waals surface area contributed by atoms with Crippen LogP contribution in [0, 0.1) is 0 Å². The van der Waals surface area contributed by atoms with Gasteiger partial charge in [0.15, 0.2) is 0 Å². The van der Waals surface area contributed by atoms with E-state index in [9.17, 15) is 4.79 Å². The van der Waals surface area contributed by atoms with E-state index in [1.54, 1.807) is 30.3 Å². The molecule has 1 aromatic heterocycles. The number of nitrogens with zero attached hydrogens (tertiary/aromatic N) is 1. The summed E-state index contributed by atoms with van der Waals surface area (Å²) in [6.07, 6.45) is 1.48. The molecule has 0 saturated heterocycles. The van der Waals surface area contributed by atoms with E-state index in [-0.39, 0.29) is 5.91 Å². The molecule has 3 rings (SSSR count). The number of hydrogen-bond acceptors (Lipinski definition) is 3.